The van der Waals surface area contributed by atoms with Crippen LogP contribution in [0.1, 0.15) is 41.6 Å². The van der Waals surface area contributed by atoms with Gasteiger partial charge in [-0.1, -0.05) is 6.07 Å². The highest BCUT2D eigenvalue weighted by atomic mass is 79.9. The number of nitrogens with one attached hydrogen (secondary N) is 1. The van der Waals surface area contributed by atoms with Crippen LogP contribution in [0.2, 0.25) is 0 Å². The zero-order valence-electron chi connectivity index (χ0n) is 10.4. The molecule has 1 aromatic rings. The molecule has 0 spiro atoms. The van der Waals surface area contributed by atoms with Crippen molar-refractivity contribution in [2.75, 3.05) is 0 Å². The van der Waals surface area contributed by atoms with Crippen molar-refractivity contribution in [2.45, 2.75) is 44.8 Å². The average Bonchev–Trinajstić information content (AvgIpc) is 2.28. The zero-order chi connectivity index (χ0) is 13.1. The van der Waals surface area contributed by atoms with E-state index in [9.17, 15) is 9.90 Å². The summed E-state index contributed by atoms with van der Waals surface area (Å²) < 4.78 is 0.816. The third kappa shape index (κ3) is 3.33. The minimum Gasteiger partial charge on any atom is -0.393 e. The summed E-state index contributed by atoms with van der Waals surface area (Å²) in [5, 5.41) is 12.6. The predicted molar refractivity (Wildman–Crippen MR) is 74.6 cm³/mol. The minimum absolute atomic E-state index is 0.0685. The molecule has 2 N–H and O–H groups in total. The molecule has 3 nitrogen and oxygen atoms in total. The molecule has 2 atom stereocenters. The van der Waals surface area contributed by atoms with Crippen LogP contribution in [-0.4, -0.2) is 23.2 Å². The van der Waals surface area contributed by atoms with E-state index in [1.807, 2.05) is 25.1 Å². The van der Waals surface area contributed by atoms with Gasteiger partial charge in [0, 0.05) is 10.5 Å². The number of carbonyl (C=O) groups excluding carboxylic acids is 1. The van der Waals surface area contributed by atoms with Gasteiger partial charge in [-0.25, -0.2) is 0 Å². The molecule has 0 aliphatic heterocycles. The summed E-state index contributed by atoms with van der Waals surface area (Å²) in [5.74, 6) is -0.0685. The standard InChI is InChI=1S/C14H18BrNO2/c1-9-5-6-12(13(15)7-9)14(18)16-10-3-2-4-11(17)8-10/h5-7,10-11,17H,2-4,8H2,1H3,(H,16,18). The van der Waals surface area contributed by atoms with Crippen LogP contribution in [0.4, 0.5) is 0 Å². The van der Waals surface area contributed by atoms with Gasteiger partial charge in [0.05, 0.1) is 11.7 Å². The molecular weight excluding hydrogens is 294 g/mol. The highest BCUT2D eigenvalue weighted by Crippen LogP contribution is 2.21. The third-order valence-electron chi connectivity index (χ3n) is 3.35. The van der Waals surface area contributed by atoms with E-state index < -0.39 is 0 Å². The topological polar surface area (TPSA) is 49.3 Å². The van der Waals surface area contributed by atoms with Crippen molar-refractivity contribution in [3.63, 3.8) is 0 Å². The van der Waals surface area contributed by atoms with Crippen LogP contribution in [-0.2, 0) is 0 Å². The van der Waals surface area contributed by atoms with Crippen molar-refractivity contribution in [3.05, 3.63) is 33.8 Å². The first-order valence-electron chi connectivity index (χ1n) is 6.31. The number of amides is 1. The normalized spacial score (nSPS) is 23.7. The smallest absolute Gasteiger partial charge is 0.252 e. The molecule has 1 aliphatic carbocycles. The van der Waals surface area contributed by atoms with Crippen molar-refractivity contribution in [3.8, 4) is 0 Å². The number of hydrogen-bond acceptors (Lipinski definition) is 2. The second-order valence-electron chi connectivity index (χ2n) is 4.97. The van der Waals surface area contributed by atoms with Crippen molar-refractivity contribution >= 4 is 21.8 Å². The van der Waals surface area contributed by atoms with Crippen molar-refractivity contribution in [1.82, 2.24) is 5.32 Å². The quantitative estimate of drug-likeness (QED) is 0.882. The van der Waals surface area contributed by atoms with Crippen LogP contribution in [0.15, 0.2) is 22.7 Å². The zero-order valence-corrected chi connectivity index (χ0v) is 12.0. The maximum absolute atomic E-state index is 12.1. The molecule has 2 unspecified atom stereocenters. The lowest BCUT2D eigenvalue weighted by molar-refractivity contribution is 0.0849. The Morgan fingerprint density at radius 3 is 2.89 bits per heavy atom. The van der Waals surface area contributed by atoms with Crippen molar-refractivity contribution in [2.24, 2.45) is 0 Å². The number of rotatable bonds is 2. The van der Waals surface area contributed by atoms with Crippen LogP contribution in [0.5, 0.6) is 0 Å². The van der Waals surface area contributed by atoms with Gasteiger partial charge in [0.15, 0.2) is 0 Å². The van der Waals surface area contributed by atoms with Gasteiger partial charge in [-0.2, -0.15) is 0 Å². The Hall–Kier alpha value is -0.870. The first-order valence-corrected chi connectivity index (χ1v) is 7.10. The molecule has 0 radical (unpaired) electrons. The lowest BCUT2D eigenvalue weighted by atomic mass is 9.93. The van der Waals surface area contributed by atoms with Gasteiger partial charge in [0.1, 0.15) is 0 Å². The van der Waals surface area contributed by atoms with E-state index in [4.69, 9.17) is 0 Å². The van der Waals surface area contributed by atoms with Crippen LogP contribution in [0.25, 0.3) is 0 Å². The SMILES string of the molecule is Cc1ccc(C(=O)NC2CCCC(O)C2)c(Br)c1. The summed E-state index contributed by atoms with van der Waals surface area (Å²) >= 11 is 3.41. The summed E-state index contributed by atoms with van der Waals surface area (Å²) in [6.07, 6.45) is 3.16. The Bertz CT molecular complexity index is 447. The molecule has 1 aliphatic rings. The molecular formula is C14H18BrNO2. The molecule has 0 bridgehead atoms. The fourth-order valence-electron chi connectivity index (χ4n) is 2.36. The highest BCUT2D eigenvalue weighted by Gasteiger charge is 2.22. The average molecular weight is 312 g/mol. The monoisotopic (exact) mass is 311 g/mol. The number of benzene rings is 1. The van der Waals surface area contributed by atoms with E-state index in [-0.39, 0.29) is 18.1 Å². The van der Waals surface area contributed by atoms with Crippen molar-refractivity contribution < 1.29 is 9.90 Å². The Morgan fingerprint density at radius 2 is 2.22 bits per heavy atom. The van der Waals surface area contributed by atoms with E-state index in [1.54, 1.807) is 0 Å². The molecule has 18 heavy (non-hydrogen) atoms. The van der Waals surface area contributed by atoms with Crippen LogP contribution in [0.3, 0.4) is 0 Å². The van der Waals surface area contributed by atoms with Gasteiger partial charge in [-0.15, -0.1) is 0 Å². The maximum Gasteiger partial charge on any atom is 0.252 e. The highest BCUT2D eigenvalue weighted by molar-refractivity contribution is 9.10. The Labute approximate surface area is 116 Å². The summed E-state index contributed by atoms with van der Waals surface area (Å²) in [4.78, 5) is 12.1. The Morgan fingerprint density at radius 1 is 1.44 bits per heavy atom. The molecule has 0 aromatic heterocycles. The molecule has 1 aromatic carbocycles. The fourth-order valence-corrected chi connectivity index (χ4v) is 3.04. The molecule has 4 heteroatoms. The van der Waals surface area contributed by atoms with E-state index >= 15 is 0 Å². The summed E-state index contributed by atoms with van der Waals surface area (Å²) in [5.41, 5.74) is 1.77. The molecule has 98 valence electrons. The number of aryl methyl sites for hydroxylation is 1. The van der Waals surface area contributed by atoms with E-state index in [1.165, 1.54) is 0 Å². The lowest BCUT2D eigenvalue weighted by Crippen LogP contribution is -2.39. The van der Waals surface area contributed by atoms with E-state index in [2.05, 4.69) is 21.2 Å². The van der Waals surface area contributed by atoms with Gasteiger partial charge in [0.2, 0.25) is 0 Å². The molecule has 0 heterocycles. The molecule has 1 saturated carbocycles. The Kier molecular flexibility index (Phi) is 4.40. The summed E-state index contributed by atoms with van der Waals surface area (Å²) in [7, 11) is 0. The number of aliphatic hydroxyl groups excluding tert-OH is 1. The van der Waals surface area contributed by atoms with E-state index in [0.717, 1.165) is 29.3 Å². The summed E-state index contributed by atoms with van der Waals surface area (Å²) in [6, 6.07) is 5.78. The summed E-state index contributed by atoms with van der Waals surface area (Å²) in [6.45, 7) is 1.99. The third-order valence-corrected chi connectivity index (χ3v) is 4.01. The van der Waals surface area contributed by atoms with Gasteiger partial charge < -0.3 is 10.4 Å². The molecule has 0 saturated heterocycles. The number of aliphatic hydroxyl groups is 1. The molecule has 1 amide bonds. The number of hydrogen-bond donors (Lipinski definition) is 2. The van der Waals surface area contributed by atoms with Gasteiger partial charge in [-0.05, 0) is 66.2 Å². The first kappa shape index (κ1) is 13.6. The lowest BCUT2D eigenvalue weighted by Gasteiger charge is -2.26. The number of halogens is 1. The van der Waals surface area contributed by atoms with Crippen LogP contribution >= 0.6 is 15.9 Å². The van der Waals surface area contributed by atoms with Gasteiger partial charge in [0.25, 0.3) is 5.91 Å². The minimum atomic E-state index is -0.273. The largest absolute Gasteiger partial charge is 0.393 e. The van der Waals surface area contributed by atoms with Gasteiger partial charge in [-0.3, -0.25) is 4.79 Å². The maximum atomic E-state index is 12.1. The second-order valence-corrected chi connectivity index (χ2v) is 5.83. The second kappa shape index (κ2) is 5.85. The van der Waals surface area contributed by atoms with Gasteiger partial charge >= 0.3 is 0 Å². The Balaban J connectivity index is 2.03. The molecule has 1 fully saturated rings. The fraction of sp³-hybridized carbons (Fsp3) is 0.500. The number of carbonyl (C=O) groups is 1. The van der Waals surface area contributed by atoms with Crippen LogP contribution in [0, 0.1) is 6.92 Å². The van der Waals surface area contributed by atoms with Crippen LogP contribution < -0.4 is 5.32 Å². The molecule has 2 rings (SSSR count). The first-order chi connectivity index (χ1) is 8.56. The van der Waals surface area contributed by atoms with Crippen molar-refractivity contribution in [1.29, 1.82) is 0 Å². The van der Waals surface area contributed by atoms with E-state index in [0.29, 0.717) is 12.0 Å². The predicted octanol–water partition coefficient (Wildman–Crippen LogP) is 2.79.